The summed E-state index contributed by atoms with van der Waals surface area (Å²) in [5, 5.41) is 0. The molecule has 0 aliphatic carbocycles. The van der Waals surface area contributed by atoms with E-state index in [1.165, 1.54) is 22.5 Å². The van der Waals surface area contributed by atoms with Crippen LogP contribution in [0.25, 0.3) is 10.2 Å². The van der Waals surface area contributed by atoms with E-state index in [0.29, 0.717) is 4.80 Å². The lowest BCUT2D eigenvalue weighted by Crippen LogP contribution is -2.18. The third-order valence-corrected chi connectivity index (χ3v) is 8.10. The summed E-state index contributed by atoms with van der Waals surface area (Å²) in [6.45, 7) is 8.84. The topological polar surface area (TPSA) is 80.5 Å². The first-order valence-electron chi connectivity index (χ1n) is 11.1. The Kier molecular flexibility index (Phi) is 6.72. The highest BCUT2D eigenvalue weighted by Gasteiger charge is 2.19. The molecule has 4 rings (SSSR count). The van der Waals surface area contributed by atoms with E-state index in [2.05, 4.69) is 47.2 Å². The Bertz CT molecular complexity index is 1550. The number of aromatic nitrogens is 1. The van der Waals surface area contributed by atoms with Crippen LogP contribution in [-0.4, -0.2) is 18.9 Å². The summed E-state index contributed by atoms with van der Waals surface area (Å²) in [7, 11) is -3.85. The standard InChI is InChI=1S/C26H27N3O3S2/c1-5-14-29-23-15-18(3)19(4)16-24(23)33-26(29)27-25(30)21-8-6-7-9-22(21)28-34(31,32)20-12-10-17(2)11-13-20/h6-13,15-16,28H,5,14H2,1-4H3. The van der Waals surface area contributed by atoms with Gasteiger partial charge < -0.3 is 4.57 Å². The van der Waals surface area contributed by atoms with Crippen molar-refractivity contribution in [3.63, 3.8) is 0 Å². The minimum Gasteiger partial charge on any atom is -0.316 e. The van der Waals surface area contributed by atoms with Crippen molar-refractivity contribution in [2.45, 2.75) is 45.6 Å². The molecule has 34 heavy (non-hydrogen) atoms. The first-order chi connectivity index (χ1) is 16.2. The van der Waals surface area contributed by atoms with Crippen LogP contribution in [0.4, 0.5) is 5.69 Å². The molecule has 1 heterocycles. The molecule has 3 aromatic carbocycles. The predicted octanol–water partition coefficient (Wildman–Crippen LogP) is 5.58. The van der Waals surface area contributed by atoms with E-state index in [1.54, 1.807) is 48.5 Å². The zero-order valence-electron chi connectivity index (χ0n) is 19.6. The Labute approximate surface area is 203 Å². The highest BCUT2D eigenvalue weighted by atomic mass is 32.2. The molecule has 0 fully saturated rings. The molecule has 0 saturated carbocycles. The second-order valence-corrected chi connectivity index (χ2v) is 11.0. The van der Waals surface area contributed by atoms with Crippen LogP contribution < -0.4 is 9.52 Å². The number of carbonyl (C=O) groups is 1. The van der Waals surface area contributed by atoms with E-state index >= 15 is 0 Å². The van der Waals surface area contributed by atoms with Gasteiger partial charge in [0, 0.05) is 6.54 Å². The van der Waals surface area contributed by atoms with Gasteiger partial charge in [-0.2, -0.15) is 4.99 Å². The maximum atomic E-state index is 13.3. The molecule has 0 unspecified atom stereocenters. The number of amides is 1. The van der Waals surface area contributed by atoms with Gasteiger partial charge in [0.15, 0.2) is 4.80 Å². The van der Waals surface area contributed by atoms with Crippen molar-refractivity contribution in [3.8, 4) is 0 Å². The lowest BCUT2D eigenvalue weighted by Gasteiger charge is -2.11. The maximum absolute atomic E-state index is 13.3. The van der Waals surface area contributed by atoms with E-state index in [1.807, 2.05) is 6.92 Å². The minimum absolute atomic E-state index is 0.133. The van der Waals surface area contributed by atoms with E-state index in [9.17, 15) is 13.2 Å². The summed E-state index contributed by atoms with van der Waals surface area (Å²) in [4.78, 5) is 18.4. The summed E-state index contributed by atoms with van der Waals surface area (Å²) in [5.41, 5.74) is 4.78. The van der Waals surface area contributed by atoms with Gasteiger partial charge in [0.2, 0.25) is 0 Å². The summed E-state index contributed by atoms with van der Waals surface area (Å²) in [5.74, 6) is -0.493. The molecule has 176 valence electrons. The van der Waals surface area contributed by atoms with Crippen molar-refractivity contribution in [2.75, 3.05) is 4.72 Å². The molecule has 0 bridgehead atoms. The number of sulfonamides is 1. The zero-order valence-corrected chi connectivity index (χ0v) is 21.3. The molecule has 0 radical (unpaired) electrons. The van der Waals surface area contributed by atoms with Crippen molar-refractivity contribution in [2.24, 2.45) is 4.99 Å². The first kappa shape index (κ1) is 23.9. The smallest absolute Gasteiger partial charge is 0.281 e. The quantitative estimate of drug-likeness (QED) is 0.381. The molecule has 4 aromatic rings. The van der Waals surface area contributed by atoms with Crippen molar-refractivity contribution < 1.29 is 13.2 Å². The number of aryl methyl sites for hydroxylation is 4. The lowest BCUT2D eigenvalue weighted by molar-refractivity contribution is 0.0998. The molecule has 0 saturated heterocycles. The third kappa shape index (κ3) is 4.83. The van der Waals surface area contributed by atoms with Gasteiger partial charge in [-0.15, -0.1) is 0 Å². The molecule has 0 spiro atoms. The van der Waals surface area contributed by atoms with Crippen LogP contribution in [-0.2, 0) is 16.6 Å². The summed E-state index contributed by atoms with van der Waals surface area (Å²) in [6.07, 6.45) is 0.896. The second-order valence-electron chi connectivity index (χ2n) is 8.32. The fourth-order valence-electron chi connectivity index (χ4n) is 3.67. The van der Waals surface area contributed by atoms with Gasteiger partial charge in [-0.1, -0.05) is 48.1 Å². The molecule has 0 atom stereocenters. The van der Waals surface area contributed by atoms with Gasteiger partial charge in [0.1, 0.15) is 0 Å². The highest BCUT2D eigenvalue weighted by Crippen LogP contribution is 2.24. The molecule has 0 aliphatic heterocycles. The van der Waals surface area contributed by atoms with E-state index in [0.717, 1.165) is 28.7 Å². The van der Waals surface area contributed by atoms with Crippen LogP contribution in [0.3, 0.4) is 0 Å². The van der Waals surface area contributed by atoms with Gasteiger partial charge in [0.05, 0.1) is 26.4 Å². The number of nitrogens with one attached hydrogen (secondary N) is 1. The Morgan fingerprint density at radius 2 is 1.68 bits per heavy atom. The summed E-state index contributed by atoms with van der Waals surface area (Å²) < 4.78 is 31.5. The number of benzene rings is 3. The van der Waals surface area contributed by atoms with Gasteiger partial charge in [0.25, 0.3) is 15.9 Å². The van der Waals surface area contributed by atoms with Crippen molar-refractivity contribution in [1.29, 1.82) is 0 Å². The number of carbonyl (C=O) groups excluding carboxylic acids is 1. The Hall–Kier alpha value is -3.23. The molecule has 6 nitrogen and oxygen atoms in total. The SMILES string of the molecule is CCCn1c(=NC(=O)c2ccccc2NS(=O)(=O)c2ccc(C)cc2)sc2cc(C)c(C)cc21. The van der Waals surface area contributed by atoms with Crippen LogP contribution in [0.2, 0.25) is 0 Å². The van der Waals surface area contributed by atoms with Crippen molar-refractivity contribution in [3.05, 3.63) is 87.7 Å². The summed E-state index contributed by atoms with van der Waals surface area (Å²) >= 11 is 1.46. The third-order valence-electron chi connectivity index (χ3n) is 5.68. The Balaban J connectivity index is 1.76. The molecular weight excluding hydrogens is 466 g/mol. The number of rotatable bonds is 6. The van der Waals surface area contributed by atoms with E-state index in [-0.39, 0.29) is 16.1 Å². The van der Waals surface area contributed by atoms with Gasteiger partial charge in [-0.05, 0) is 74.7 Å². The molecule has 8 heteroatoms. The van der Waals surface area contributed by atoms with Gasteiger partial charge >= 0.3 is 0 Å². The fraction of sp³-hybridized carbons (Fsp3) is 0.231. The first-order valence-corrected chi connectivity index (χ1v) is 13.4. The average Bonchev–Trinajstić information content (AvgIpc) is 3.10. The Morgan fingerprint density at radius 1 is 1.00 bits per heavy atom. The normalized spacial score (nSPS) is 12.3. The Morgan fingerprint density at radius 3 is 2.38 bits per heavy atom. The number of para-hydroxylation sites is 1. The molecule has 1 N–H and O–H groups in total. The van der Waals surface area contributed by atoms with E-state index in [4.69, 9.17) is 0 Å². The molecular formula is C26H27N3O3S2. The number of hydrogen-bond acceptors (Lipinski definition) is 4. The molecule has 1 aromatic heterocycles. The minimum atomic E-state index is -3.85. The second kappa shape index (κ2) is 9.56. The van der Waals surface area contributed by atoms with Crippen LogP contribution in [0.1, 0.15) is 40.4 Å². The van der Waals surface area contributed by atoms with Gasteiger partial charge in [-0.25, -0.2) is 8.42 Å². The van der Waals surface area contributed by atoms with E-state index < -0.39 is 15.9 Å². The average molecular weight is 494 g/mol. The van der Waals surface area contributed by atoms with Crippen molar-refractivity contribution >= 4 is 43.2 Å². The molecule has 1 amide bonds. The number of hydrogen-bond donors (Lipinski definition) is 1. The lowest BCUT2D eigenvalue weighted by atomic mass is 10.1. The number of nitrogens with zero attached hydrogens (tertiary/aromatic N) is 2. The largest absolute Gasteiger partial charge is 0.316 e. The zero-order chi connectivity index (χ0) is 24.5. The van der Waals surface area contributed by atoms with Crippen LogP contribution >= 0.6 is 11.3 Å². The number of thiazole rings is 1. The number of fused-ring (bicyclic) bond motifs is 1. The maximum Gasteiger partial charge on any atom is 0.281 e. The summed E-state index contributed by atoms with van der Waals surface area (Å²) in [6, 6.07) is 17.4. The van der Waals surface area contributed by atoms with Crippen LogP contribution in [0, 0.1) is 20.8 Å². The fourth-order valence-corrected chi connectivity index (χ4v) is 5.89. The van der Waals surface area contributed by atoms with Crippen LogP contribution in [0.5, 0.6) is 0 Å². The predicted molar refractivity (Wildman–Crippen MR) is 138 cm³/mol. The highest BCUT2D eigenvalue weighted by molar-refractivity contribution is 7.92. The molecule has 0 aliphatic rings. The number of anilines is 1. The van der Waals surface area contributed by atoms with Crippen LogP contribution in [0.15, 0.2) is 70.6 Å². The monoisotopic (exact) mass is 493 g/mol. The van der Waals surface area contributed by atoms with Crippen molar-refractivity contribution in [1.82, 2.24) is 4.57 Å². The van der Waals surface area contributed by atoms with Gasteiger partial charge in [-0.3, -0.25) is 9.52 Å².